The van der Waals surface area contributed by atoms with Crippen LogP contribution in [-0.4, -0.2) is 4.98 Å². The minimum absolute atomic E-state index is 0.781. The van der Waals surface area contributed by atoms with E-state index in [2.05, 4.69) is 15.7 Å². The molecule has 0 amide bonds. The zero-order valence-electron chi connectivity index (χ0n) is 9.23. The van der Waals surface area contributed by atoms with Crippen molar-refractivity contribution < 1.29 is 0 Å². The van der Waals surface area contributed by atoms with Crippen LogP contribution in [0.5, 0.6) is 0 Å². The van der Waals surface area contributed by atoms with Crippen LogP contribution in [0.4, 0.5) is 5.69 Å². The minimum Gasteiger partial charge on any atom is -0.398 e. The van der Waals surface area contributed by atoms with E-state index in [0.29, 0.717) is 0 Å². The van der Waals surface area contributed by atoms with Gasteiger partial charge in [-0.1, -0.05) is 18.2 Å². The summed E-state index contributed by atoms with van der Waals surface area (Å²) in [6, 6.07) is 7.90. The molecule has 3 nitrogen and oxygen atoms in total. The molecular weight excluding hydrogens is 218 g/mol. The molecule has 0 atom stereocenters. The van der Waals surface area contributed by atoms with Crippen LogP contribution in [0, 0.1) is 6.92 Å². The van der Waals surface area contributed by atoms with Crippen molar-refractivity contribution in [2.45, 2.75) is 20.0 Å². The fourth-order valence-corrected chi connectivity index (χ4v) is 2.12. The average molecular weight is 233 g/mol. The number of anilines is 1. The van der Waals surface area contributed by atoms with Crippen molar-refractivity contribution in [1.82, 2.24) is 10.3 Å². The molecule has 0 bridgehead atoms. The van der Waals surface area contributed by atoms with Crippen molar-refractivity contribution >= 4 is 17.0 Å². The lowest BCUT2D eigenvalue weighted by Crippen LogP contribution is -2.14. The van der Waals surface area contributed by atoms with Gasteiger partial charge in [-0.15, -0.1) is 11.3 Å². The van der Waals surface area contributed by atoms with Gasteiger partial charge in [-0.05, 0) is 18.6 Å². The lowest BCUT2D eigenvalue weighted by Gasteiger charge is -2.05. The van der Waals surface area contributed by atoms with Crippen LogP contribution < -0.4 is 11.1 Å². The van der Waals surface area contributed by atoms with E-state index >= 15 is 0 Å². The number of nitrogens with two attached hydrogens (primary N) is 1. The van der Waals surface area contributed by atoms with E-state index in [4.69, 9.17) is 5.73 Å². The molecule has 0 unspecified atom stereocenters. The van der Waals surface area contributed by atoms with Crippen molar-refractivity contribution in [2.24, 2.45) is 0 Å². The molecule has 1 aromatic carbocycles. The summed E-state index contributed by atoms with van der Waals surface area (Å²) in [7, 11) is 0. The third kappa shape index (κ3) is 2.81. The van der Waals surface area contributed by atoms with Gasteiger partial charge in [0.1, 0.15) is 0 Å². The zero-order valence-corrected chi connectivity index (χ0v) is 10.1. The van der Waals surface area contributed by atoms with Crippen molar-refractivity contribution in [1.29, 1.82) is 0 Å². The molecule has 84 valence electrons. The Morgan fingerprint density at radius 1 is 1.31 bits per heavy atom. The summed E-state index contributed by atoms with van der Waals surface area (Å²) < 4.78 is 0. The van der Waals surface area contributed by atoms with Gasteiger partial charge < -0.3 is 11.1 Å². The third-order valence-electron chi connectivity index (χ3n) is 2.34. The second-order valence-electron chi connectivity index (χ2n) is 3.66. The average Bonchev–Trinajstić information content (AvgIpc) is 2.67. The molecule has 2 aromatic rings. The predicted octanol–water partition coefficient (Wildman–Crippen LogP) is 2.32. The molecule has 3 N–H and O–H groups in total. The Hall–Kier alpha value is -1.39. The molecule has 0 fully saturated rings. The molecule has 2 rings (SSSR count). The zero-order chi connectivity index (χ0) is 11.4. The Kier molecular flexibility index (Phi) is 3.54. The maximum atomic E-state index is 5.85. The normalized spacial score (nSPS) is 10.6. The summed E-state index contributed by atoms with van der Waals surface area (Å²) in [5.41, 5.74) is 8.92. The first-order valence-electron chi connectivity index (χ1n) is 5.21. The van der Waals surface area contributed by atoms with E-state index < -0.39 is 0 Å². The molecule has 0 radical (unpaired) electrons. The molecule has 0 spiro atoms. The first kappa shape index (κ1) is 11.1. The second-order valence-corrected chi connectivity index (χ2v) is 4.72. The number of nitrogen functional groups attached to an aromatic ring is 1. The minimum atomic E-state index is 0.781. The number of nitrogens with one attached hydrogen (secondary N) is 1. The van der Waals surface area contributed by atoms with Gasteiger partial charge in [0.25, 0.3) is 0 Å². The van der Waals surface area contributed by atoms with Crippen LogP contribution in [0.3, 0.4) is 0 Å². The second kappa shape index (κ2) is 5.09. The van der Waals surface area contributed by atoms with Crippen LogP contribution >= 0.6 is 11.3 Å². The van der Waals surface area contributed by atoms with Crippen LogP contribution in [0.15, 0.2) is 29.6 Å². The first-order valence-corrected chi connectivity index (χ1v) is 6.09. The molecule has 16 heavy (non-hydrogen) atoms. The highest BCUT2D eigenvalue weighted by atomic mass is 32.1. The van der Waals surface area contributed by atoms with Crippen molar-refractivity contribution in [3.8, 4) is 0 Å². The largest absolute Gasteiger partial charge is 0.398 e. The SMILES string of the molecule is Cc1nc(CNCc2ccccc2N)cs1. The fraction of sp³-hybridized carbons (Fsp3) is 0.250. The van der Waals surface area contributed by atoms with Gasteiger partial charge in [0.2, 0.25) is 0 Å². The van der Waals surface area contributed by atoms with Crippen molar-refractivity contribution in [2.75, 3.05) is 5.73 Å². The third-order valence-corrected chi connectivity index (χ3v) is 3.17. The van der Waals surface area contributed by atoms with Gasteiger partial charge in [-0.3, -0.25) is 0 Å². The summed E-state index contributed by atoms with van der Waals surface area (Å²) in [5.74, 6) is 0. The quantitative estimate of drug-likeness (QED) is 0.797. The molecular formula is C12H15N3S. The first-order chi connectivity index (χ1) is 7.75. The highest BCUT2D eigenvalue weighted by molar-refractivity contribution is 7.09. The lowest BCUT2D eigenvalue weighted by molar-refractivity contribution is 0.683. The molecule has 0 aliphatic carbocycles. The molecule has 0 aliphatic heterocycles. The summed E-state index contributed by atoms with van der Waals surface area (Å²) in [6.45, 7) is 3.59. The van der Waals surface area contributed by atoms with E-state index in [-0.39, 0.29) is 0 Å². The summed E-state index contributed by atoms with van der Waals surface area (Å²) in [4.78, 5) is 4.39. The monoisotopic (exact) mass is 233 g/mol. The van der Waals surface area contributed by atoms with Gasteiger partial charge in [-0.2, -0.15) is 0 Å². The fourth-order valence-electron chi connectivity index (χ4n) is 1.51. The number of benzene rings is 1. The Bertz CT molecular complexity index is 465. The molecule has 0 aliphatic rings. The Balaban J connectivity index is 1.87. The van der Waals surface area contributed by atoms with Crippen LogP contribution in [0.25, 0.3) is 0 Å². The number of nitrogens with zero attached hydrogens (tertiary/aromatic N) is 1. The number of rotatable bonds is 4. The van der Waals surface area contributed by atoms with E-state index in [1.54, 1.807) is 11.3 Å². The maximum absolute atomic E-state index is 5.85. The van der Waals surface area contributed by atoms with Crippen LogP contribution in [0.2, 0.25) is 0 Å². The summed E-state index contributed by atoms with van der Waals surface area (Å²) in [6.07, 6.45) is 0. The Labute approximate surface area is 99.3 Å². The number of aromatic nitrogens is 1. The molecule has 1 aromatic heterocycles. The van der Waals surface area contributed by atoms with Crippen LogP contribution in [-0.2, 0) is 13.1 Å². The summed E-state index contributed by atoms with van der Waals surface area (Å²) >= 11 is 1.68. The molecule has 0 saturated heterocycles. The lowest BCUT2D eigenvalue weighted by atomic mass is 10.2. The molecule has 4 heteroatoms. The predicted molar refractivity (Wildman–Crippen MR) is 68.2 cm³/mol. The Morgan fingerprint density at radius 3 is 2.81 bits per heavy atom. The number of hydrogen-bond acceptors (Lipinski definition) is 4. The Morgan fingerprint density at radius 2 is 2.12 bits per heavy atom. The standard InChI is InChI=1S/C12H15N3S/c1-9-15-11(8-16-9)7-14-6-10-4-2-3-5-12(10)13/h2-5,8,14H,6-7,13H2,1H3. The highest BCUT2D eigenvalue weighted by Gasteiger charge is 1.99. The van der Waals surface area contributed by atoms with E-state index in [0.717, 1.165) is 35.0 Å². The van der Waals surface area contributed by atoms with Gasteiger partial charge >= 0.3 is 0 Å². The van der Waals surface area contributed by atoms with Crippen molar-refractivity contribution in [3.63, 3.8) is 0 Å². The van der Waals surface area contributed by atoms with E-state index in [1.165, 1.54) is 0 Å². The van der Waals surface area contributed by atoms with E-state index in [1.807, 2.05) is 31.2 Å². The summed E-state index contributed by atoms with van der Waals surface area (Å²) in [5, 5.41) is 6.52. The maximum Gasteiger partial charge on any atom is 0.0897 e. The highest BCUT2D eigenvalue weighted by Crippen LogP contribution is 2.11. The number of para-hydroxylation sites is 1. The molecule has 0 saturated carbocycles. The molecule has 1 heterocycles. The topological polar surface area (TPSA) is 50.9 Å². The van der Waals surface area contributed by atoms with E-state index in [9.17, 15) is 0 Å². The van der Waals surface area contributed by atoms with Gasteiger partial charge in [0.05, 0.1) is 10.7 Å². The van der Waals surface area contributed by atoms with Gasteiger partial charge in [0.15, 0.2) is 0 Å². The smallest absolute Gasteiger partial charge is 0.0897 e. The number of aryl methyl sites for hydroxylation is 1. The van der Waals surface area contributed by atoms with Crippen molar-refractivity contribution in [3.05, 3.63) is 45.9 Å². The van der Waals surface area contributed by atoms with Gasteiger partial charge in [-0.25, -0.2) is 4.98 Å². The number of hydrogen-bond donors (Lipinski definition) is 2. The van der Waals surface area contributed by atoms with Gasteiger partial charge in [0, 0.05) is 24.2 Å². The number of thiazole rings is 1. The van der Waals surface area contributed by atoms with Crippen LogP contribution in [0.1, 0.15) is 16.3 Å².